The van der Waals surface area contributed by atoms with Crippen LogP contribution in [-0.4, -0.2) is 27.0 Å². The summed E-state index contributed by atoms with van der Waals surface area (Å²) in [4.78, 5) is 34.3. The molecule has 2 aromatic heterocycles. The Hall–Kier alpha value is -3.22. The van der Waals surface area contributed by atoms with Gasteiger partial charge in [-0.3, -0.25) is 14.2 Å². The second kappa shape index (κ2) is 8.65. The maximum absolute atomic E-state index is 12.9. The zero-order valence-corrected chi connectivity index (χ0v) is 17.4. The average Bonchev–Trinajstić information content (AvgIpc) is 2.74. The zero-order chi connectivity index (χ0) is 21.1. The van der Waals surface area contributed by atoms with Crippen molar-refractivity contribution in [1.82, 2.24) is 19.9 Å². The van der Waals surface area contributed by atoms with Crippen LogP contribution in [0.4, 0.5) is 0 Å². The molecule has 1 amide bonds. The molecule has 0 fully saturated rings. The zero-order valence-electron chi connectivity index (χ0n) is 17.4. The second-order valence-corrected chi connectivity index (χ2v) is 7.81. The Bertz CT molecular complexity index is 1140. The molecule has 2 heterocycles. The molecule has 0 spiro atoms. The molecule has 0 saturated heterocycles. The molecule has 0 saturated carbocycles. The summed E-state index contributed by atoms with van der Waals surface area (Å²) in [5.41, 5.74) is 3.27. The van der Waals surface area contributed by atoms with E-state index in [0.717, 1.165) is 41.8 Å². The Morgan fingerprint density at radius 2 is 2.17 bits per heavy atom. The van der Waals surface area contributed by atoms with E-state index in [1.807, 2.05) is 37.3 Å². The number of hydrogen-bond acceptors (Lipinski definition) is 5. The Kier molecular flexibility index (Phi) is 5.79. The van der Waals surface area contributed by atoms with Crippen molar-refractivity contribution in [3.8, 4) is 5.75 Å². The number of aromatic nitrogens is 3. The van der Waals surface area contributed by atoms with Crippen molar-refractivity contribution < 1.29 is 9.53 Å². The summed E-state index contributed by atoms with van der Waals surface area (Å²) in [6.07, 6.45) is 4.35. The van der Waals surface area contributed by atoms with Crippen molar-refractivity contribution in [1.29, 1.82) is 0 Å². The molecule has 0 bridgehead atoms. The number of pyridine rings is 1. The van der Waals surface area contributed by atoms with Gasteiger partial charge in [0, 0.05) is 17.8 Å². The van der Waals surface area contributed by atoms with Crippen LogP contribution in [0.1, 0.15) is 37.1 Å². The summed E-state index contributed by atoms with van der Waals surface area (Å²) in [5.74, 6) is 1.07. The summed E-state index contributed by atoms with van der Waals surface area (Å²) in [6.45, 7) is 4.92. The van der Waals surface area contributed by atoms with E-state index in [1.54, 1.807) is 0 Å². The molecule has 4 rings (SSSR count). The van der Waals surface area contributed by atoms with Crippen molar-refractivity contribution in [2.45, 2.75) is 46.2 Å². The van der Waals surface area contributed by atoms with Gasteiger partial charge in [0.2, 0.25) is 5.91 Å². The molecule has 3 aromatic rings. The number of ether oxygens (including phenoxy) is 1. The third-order valence-corrected chi connectivity index (χ3v) is 5.49. The normalized spacial score (nSPS) is 15.6. The van der Waals surface area contributed by atoms with E-state index >= 15 is 0 Å². The molecule has 1 aromatic carbocycles. The minimum Gasteiger partial charge on any atom is -0.494 e. The monoisotopic (exact) mass is 406 g/mol. The second-order valence-electron chi connectivity index (χ2n) is 7.81. The maximum Gasteiger partial charge on any atom is 0.263 e. The van der Waals surface area contributed by atoms with Crippen LogP contribution in [-0.2, 0) is 30.7 Å². The number of fused-ring (bicyclic) bond motifs is 2. The van der Waals surface area contributed by atoms with Gasteiger partial charge in [-0.2, -0.15) is 0 Å². The van der Waals surface area contributed by atoms with Crippen LogP contribution in [0, 0.1) is 5.92 Å². The highest BCUT2D eigenvalue weighted by molar-refractivity contribution is 5.77. The maximum atomic E-state index is 12.9. The number of hydrogen-bond donors (Lipinski definition) is 1. The van der Waals surface area contributed by atoms with E-state index in [1.165, 1.54) is 10.9 Å². The van der Waals surface area contributed by atoms with E-state index in [4.69, 9.17) is 4.74 Å². The average molecular weight is 406 g/mol. The minimum atomic E-state index is -0.260. The molecule has 0 radical (unpaired) electrons. The lowest BCUT2D eigenvalue weighted by atomic mass is 9.87. The van der Waals surface area contributed by atoms with Gasteiger partial charge in [0.1, 0.15) is 18.6 Å². The van der Waals surface area contributed by atoms with Gasteiger partial charge in [-0.1, -0.05) is 25.1 Å². The third-order valence-electron chi connectivity index (χ3n) is 5.49. The van der Waals surface area contributed by atoms with Gasteiger partial charge in [0.15, 0.2) is 5.65 Å². The lowest BCUT2D eigenvalue weighted by Crippen LogP contribution is -2.32. The number of rotatable bonds is 6. The first-order valence-electron chi connectivity index (χ1n) is 10.4. The van der Waals surface area contributed by atoms with Crippen LogP contribution in [0.5, 0.6) is 5.75 Å². The number of carbonyl (C=O) groups is 1. The lowest BCUT2D eigenvalue weighted by molar-refractivity contribution is -0.121. The molecule has 1 atom stereocenters. The summed E-state index contributed by atoms with van der Waals surface area (Å²) < 4.78 is 6.92. The van der Waals surface area contributed by atoms with Crippen LogP contribution in [0.3, 0.4) is 0 Å². The van der Waals surface area contributed by atoms with Crippen molar-refractivity contribution in [3.05, 3.63) is 63.8 Å². The van der Waals surface area contributed by atoms with Crippen molar-refractivity contribution in [2.75, 3.05) is 6.61 Å². The quantitative estimate of drug-likeness (QED) is 0.680. The molecular formula is C23H26N4O3. The molecule has 1 aliphatic rings. The number of amides is 1. The van der Waals surface area contributed by atoms with Gasteiger partial charge < -0.3 is 10.1 Å². The molecule has 1 aliphatic carbocycles. The molecule has 0 unspecified atom stereocenters. The Balaban J connectivity index is 1.50. The summed E-state index contributed by atoms with van der Waals surface area (Å²) in [5, 5.41) is 3.33. The molecule has 30 heavy (non-hydrogen) atoms. The first kappa shape index (κ1) is 20.1. The van der Waals surface area contributed by atoms with Gasteiger partial charge in [0.05, 0.1) is 12.0 Å². The molecule has 0 aliphatic heterocycles. The fraction of sp³-hybridized carbons (Fsp3) is 0.391. The standard InChI is InChI=1S/C23H26N4O3/c1-3-30-20-7-5-4-6-16(20)12-24-21(28)13-27-14-25-22-18(23(27)29)11-17-10-15(2)8-9-19(17)26-22/h4-7,11,14-15H,3,8-10,12-13H2,1-2H3,(H,24,28)/t15-/m0/s1. The number of aryl methyl sites for hydroxylation is 1. The Morgan fingerprint density at radius 3 is 3.00 bits per heavy atom. The van der Waals surface area contributed by atoms with Gasteiger partial charge in [-0.25, -0.2) is 9.97 Å². The summed E-state index contributed by atoms with van der Waals surface area (Å²) in [7, 11) is 0. The molecule has 156 valence electrons. The van der Waals surface area contributed by atoms with E-state index < -0.39 is 0 Å². The first-order valence-corrected chi connectivity index (χ1v) is 10.4. The van der Waals surface area contributed by atoms with Gasteiger partial charge in [-0.05, 0) is 49.8 Å². The number of nitrogens with one attached hydrogen (secondary N) is 1. The van der Waals surface area contributed by atoms with E-state index in [0.29, 0.717) is 30.1 Å². The molecule has 7 nitrogen and oxygen atoms in total. The SMILES string of the molecule is CCOc1ccccc1CNC(=O)Cn1cnc2nc3c(cc2c1=O)C[C@@H](C)CC3. The summed E-state index contributed by atoms with van der Waals surface area (Å²) >= 11 is 0. The van der Waals surface area contributed by atoms with E-state index in [-0.39, 0.29) is 18.0 Å². The van der Waals surface area contributed by atoms with Crippen molar-refractivity contribution >= 4 is 16.9 Å². The molecular weight excluding hydrogens is 380 g/mol. The van der Waals surface area contributed by atoms with Crippen LogP contribution < -0.4 is 15.6 Å². The van der Waals surface area contributed by atoms with Gasteiger partial charge in [0.25, 0.3) is 5.56 Å². The predicted octanol–water partition coefficient (Wildman–Crippen LogP) is 2.63. The van der Waals surface area contributed by atoms with E-state index in [2.05, 4.69) is 22.2 Å². The van der Waals surface area contributed by atoms with Crippen LogP contribution >= 0.6 is 0 Å². The smallest absolute Gasteiger partial charge is 0.263 e. The first-order chi connectivity index (χ1) is 14.5. The molecule has 7 heteroatoms. The predicted molar refractivity (Wildman–Crippen MR) is 114 cm³/mol. The lowest BCUT2D eigenvalue weighted by Gasteiger charge is -2.20. The number of benzene rings is 1. The third kappa shape index (κ3) is 4.20. The number of carbonyl (C=O) groups excluding carboxylic acids is 1. The largest absolute Gasteiger partial charge is 0.494 e. The van der Waals surface area contributed by atoms with Crippen LogP contribution in [0.2, 0.25) is 0 Å². The molecule has 1 N–H and O–H groups in total. The number of para-hydroxylation sites is 1. The van der Waals surface area contributed by atoms with Crippen molar-refractivity contribution in [2.24, 2.45) is 5.92 Å². The van der Waals surface area contributed by atoms with Crippen molar-refractivity contribution in [3.63, 3.8) is 0 Å². The highest BCUT2D eigenvalue weighted by Gasteiger charge is 2.19. The number of nitrogens with zero attached hydrogens (tertiary/aromatic N) is 3. The Labute approximate surface area is 175 Å². The highest BCUT2D eigenvalue weighted by atomic mass is 16.5. The van der Waals surface area contributed by atoms with Gasteiger partial charge >= 0.3 is 0 Å². The fourth-order valence-electron chi connectivity index (χ4n) is 3.89. The van der Waals surface area contributed by atoms with Gasteiger partial charge in [-0.15, -0.1) is 0 Å². The topological polar surface area (TPSA) is 86.1 Å². The highest BCUT2D eigenvalue weighted by Crippen LogP contribution is 2.25. The Morgan fingerprint density at radius 1 is 1.33 bits per heavy atom. The van der Waals surface area contributed by atoms with E-state index in [9.17, 15) is 9.59 Å². The van der Waals surface area contributed by atoms with Crippen LogP contribution in [0.15, 0.2) is 41.5 Å². The fourth-order valence-corrected chi connectivity index (χ4v) is 3.89. The minimum absolute atomic E-state index is 0.0912. The van der Waals surface area contributed by atoms with Crippen LogP contribution in [0.25, 0.3) is 11.0 Å². The summed E-state index contributed by atoms with van der Waals surface area (Å²) in [6, 6.07) is 9.48.